The number of hydrogen-bond acceptors (Lipinski definition) is 3. The lowest BCUT2D eigenvalue weighted by Crippen LogP contribution is -2.54. The minimum atomic E-state index is -0.288. The standard InChI is InChI=1S/C16H31N3/c1-6-10-18-16(12-17)9-7-8-15(11-16)19(5)14(4)13(2)3/h13-15,18H,6-11H2,1-5H3. The second kappa shape index (κ2) is 7.26. The Hall–Kier alpha value is -0.590. The average molecular weight is 265 g/mol. The van der Waals surface area contributed by atoms with Crippen molar-refractivity contribution >= 4 is 0 Å². The zero-order chi connectivity index (χ0) is 14.5. The minimum Gasteiger partial charge on any atom is -0.300 e. The van der Waals surface area contributed by atoms with Crippen molar-refractivity contribution in [2.24, 2.45) is 5.92 Å². The average Bonchev–Trinajstić information content (AvgIpc) is 2.43. The van der Waals surface area contributed by atoms with E-state index in [0.717, 1.165) is 32.2 Å². The summed E-state index contributed by atoms with van der Waals surface area (Å²) in [7, 11) is 2.22. The first-order valence-corrected chi connectivity index (χ1v) is 7.84. The lowest BCUT2D eigenvalue weighted by Gasteiger charge is -2.43. The topological polar surface area (TPSA) is 39.1 Å². The minimum absolute atomic E-state index is 0.288. The Morgan fingerprint density at radius 3 is 2.63 bits per heavy atom. The molecule has 0 aromatic rings. The highest BCUT2D eigenvalue weighted by Crippen LogP contribution is 2.32. The van der Waals surface area contributed by atoms with Crippen molar-refractivity contribution < 1.29 is 0 Å². The molecule has 0 aromatic heterocycles. The van der Waals surface area contributed by atoms with Crippen molar-refractivity contribution in [2.45, 2.75) is 77.4 Å². The molecule has 0 saturated heterocycles. The molecule has 1 aliphatic rings. The van der Waals surface area contributed by atoms with E-state index in [-0.39, 0.29) is 5.54 Å². The molecule has 0 aromatic carbocycles. The van der Waals surface area contributed by atoms with Crippen LogP contribution in [0, 0.1) is 17.2 Å². The zero-order valence-electron chi connectivity index (χ0n) is 13.4. The van der Waals surface area contributed by atoms with Gasteiger partial charge in [0.2, 0.25) is 0 Å². The number of hydrogen-bond donors (Lipinski definition) is 1. The van der Waals surface area contributed by atoms with Crippen LogP contribution in [0.4, 0.5) is 0 Å². The Morgan fingerprint density at radius 2 is 2.11 bits per heavy atom. The van der Waals surface area contributed by atoms with Crippen LogP contribution in [0.25, 0.3) is 0 Å². The predicted octanol–water partition coefficient (Wildman–Crippen LogP) is 3.17. The van der Waals surface area contributed by atoms with Gasteiger partial charge < -0.3 is 4.90 Å². The van der Waals surface area contributed by atoms with Crippen molar-refractivity contribution in [3.63, 3.8) is 0 Å². The third-order valence-electron chi connectivity index (χ3n) is 4.84. The van der Waals surface area contributed by atoms with Gasteiger partial charge in [-0.1, -0.05) is 20.8 Å². The van der Waals surface area contributed by atoms with Gasteiger partial charge in [-0.2, -0.15) is 5.26 Å². The van der Waals surface area contributed by atoms with Gasteiger partial charge in [-0.25, -0.2) is 0 Å². The van der Waals surface area contributed by atoms with Gasteiger partial charge in [0.1, 0.15) is 5.54 Å². The smallest absolute Gasteiger partial charge is 0.108 e. The Bertz CT molecular complexity index is 308. The van der Waals surface area contributed by atoms with E-state index in [1.165, 1.54) is 6.42 Å². The number of nitrogens with zero attached hydrogens (tertiary/aromatic N) is 2. The lowest BCUT2D eigenvalue weighted by molar-refractivity contribution is 0.0921. The van der Waals surface area contributed by atoms with Crippen LogP contribution >= 0.6 is 0 Å². The monoisotopic (exact) mass is 265 g/mol. The Balaban J connectivity index is 2.69. The van der Waals surface area contributed by atoms with E-state index in [0.29, 0.717) is 18.0 Å². The van der Waals surface area contributed by atoms with Crippen LogP contribution in [-0.2, 0) is 0 Å². The molecule has 3 atom stereocenters. The fraction of sp³-hybridized carbons (Fsp3) is 0.938. The van der Waals surface area contributed by atoms with Crippen molar-refractivity contribution in [1.29, 1.82) is 5.26 Å². The molecule has 1 rings (SSSR count). The summed E-state index contributed by atoms with van der Waals surface area (Å²) >= 11 is 0. The zero-order valence-corrected chi connectivity index (χ0v) is 13.4. The van der Waals surface area contributed by atoms with Gasteiger partial charge in [0.15, 0.2) is 0 Å². The van der Waals surface area contributed by atoms with Crippen LogP contribution < -0.4 is 5.32 Å². The first-order valence-electron chi connectivity index (χ1n) is 7.84. The molecule has 0 spiro atoms. The fourth-order valence-electron chi connectivity index (χ4n) is 3.06. The Morgan fingerprint density at radius 1 is 1.42 bits per heavy atom. The first kappa shape index (κ1) is 16.5. The van der Waals surface area contributed by atoms with Crippen LogP contribution in [-0.4, -0.2) is 36.1 Å². The largest absolute Gasteiger partial charge is 0.300 e. The molecule has 0 heterocycles. The predicted molar refractivity (Wildman–Crippen MR) is 81.0 cm³/mol. The summed E-state index contributed by atoms with van der Waals surface area (Å²) in [5, 5.41) is 13.1. The van der Waals surface area contributed by atoms with Gasteiger partial charge in [-0.3, -0.25) is 5.32 Å². The molecule has 110 valence electrons. The molecule has 3 nitrogen and oxygen atoms in total. The van der Waals surface area contributed by atoms with Crippen LogP contribution in [0.15, 0.2) is 0 Å². The SMILES string of the molecule is CCCNC1(C#N)CCCC(N(C)C(C)C(C)C)C1. The van der Waals surface area contributed by atoms with E-state index in [4.69, 9.17) is 0 Å². The number of rotatable bonds is 6. The van der Waals surface area contributed by atoms with Gasteiger partial charge in [-0.15, -0.1) is 0 Å². The van der Waals surface area contributed by atoms with Gasteiger partial charge in [0.25, 0.3) is 0 Å². The summed E-state index contributed by atoms with van der Waals surface area (Å²) < 4.78 is 0. The maximum atomic E-state index is 9.58. The van der Waals surface area contributed by atoms with E-state index >= 15 is 0 Å². The Kier molecular flexibility index (Phi) is 6.29. The van der Waals surface area contributed by atoms with E-state index in [2.05, 4.69) is 51.0 Å². The van der Waals surface area contributed by atoms with Crippen LogP contribution in [0.1, 0.15) is 59.8 Å². The molecule has 3 unspecified atom stereocenters. The number of nitrogens with one attached hydrogen (secondary N) is 1. The summed E-state index contributed by atoms with van der Waals surface area (Å²) in [6.07, 6.45) is 5.45. The summed E-state index contributed by atoms with van der Waals surface area (Å²) in [6, 6.07) is 3.68. The maximum absolute atomic E-state index is 9.58. The van der Waals surface area contributed by atoms with Gasteiger partial charge in [0, 0.05) is 12.1 Å². The molecule has 3 heteroatoms. The van der Waals surface area contributed by atoms with E-state index in [1.54, 1.807) is 0 Å². The molecular weight excluding hydrogens is 234 g/mol. The molecule has 1 saturated carbocycles. The molecule has 1 fully saturated rings. The molecular formula is C16H31N3. The van der Waals surface area contributed by atoms with E-state index in [1.807, 2.05) is 0 Å². The van der Waals surface area contributed by atoms with Gasteiger partial charge in [0.05, 0.1) is 6.07 Å². The lowest BCUT2D eigenvalue weighted by atomic mass is 9.78. The second-order valence-corrected chi connectivity index (χ2v) is 6.52. The van der Waals surface area contributed by atoms with E-state index in [9.17, 15) is 5.26 Å². The summed E-state index contributed by atoms with van der Waals surface area (Å²) in [4.78, 5) is 2.49. The highest BCUT2D eigenvalue weighted by Gasteiger charge is 2.38. The molecule has 0 aliphatic heterocycles. The van der Waals surface area contributed by atoms with Crippen molar-refractivity contribution in [1.82, 2.24) is 10.2 Å². The van der Waals surface area contributed by atoms with Crippen LogP contribution in [0.5, 0.6) is 0 Å². The normalized spacial score (nSPS) is 29.5. The van der Waals surface area contributed by atoms with Gasteiger partial charge >= 0.3 is 0 Å². The third-order valence-corrected chi connectivity index (χ3v) is 4.84. The summed E-state index contributed by atoms with van der Waals surface area (Å²) in [5.41, 5.74) is -0.288. The second-order valence-electron chi connectivity index (χ2n) is 6.52. The summed E-state index contributed by atoms with van der Waals surface area (Å²) in [6.45, 7) is 9.95. The van der Waals surface area contributed by atoms with Crippen molar-refractivity contribution in [3.05, 3.63) is 0 Å². The number of nitriles is 1. The molecule has 0 bridgehead atoms. The first-order chi connectivity index (χ1) is 8.95. The highest BCUT2D eigenvalue weighted by atomic mass is 15.2. The van der Waals surface area contributed by atoms with Gasteiger partial charge in [-0.05, 0) is 58.5 Å². The fourth-order valence-corrected chi connectivity index (χ4v) is 3.06. The van der Waals surface area contributed by atoms with E-state index < -0.39 is 0 Å². The van der Waals surface area contributed by atoms with Crippen LogP contribution in [0.3, 0.4) is 0 Å². The molecule has 1 aliphatic carbocycles. The van der Waals surface area contributed by atoms with Crippen molar-refractivity contribution in [3.8, 4) is 6.07 Å². The molecule has 1 N–H and O–H groups in total. The highest BCUT2D eigenvalue weighted by molar-refractivity contribution is 5.11. The maximum Gasteiger partial charge on any atom is 0.108 e. The summed E-state index contributed by atoms with van der Waals surface area (Å²) in [5.74, 6) is 0.659. The molecule has 19 heavy (non-hydrogen) atoms. The third kappa shape index (κ3) is 4.19. The molecule has 0 amide bonds. The Labute approximate surface area is 119 Å². The quantitative estimate of drug-likeness (QED) is 0.802. The molecule has 0 radical (unpaired) electrons. The van der Waals surface area contributed by atoms with Crippen LogP contribution in [0.2, 0.25) is 0 Å². The van der Waals surface area contributed by atoms with Crippen molar-refractivity contribution in [2.75, 3.05) is 13.6 Å².